The number of aliphatic imine (C=N–C) groups is 1. The SMILES string of the molecule is Cc1ccccc1N=C1NN=C(c2cc(C)n(C[C@@H]3CCCO3)c2C)CS1. The highest BCUT2D eigenvalue weighted by atomic mass is 32.2. The molecule has 1 atom stereocenters. The molecule has 3 heterocycles. The number of aromatic nitrogens is 1. The van der Waals surface area contributed by atoms with Gasteiger partial charge in [0.25, 0.3) is 0 Å². The lowest BCUT2D eigenvalue weighted by atomic mass is 10.1. The van der Waals surface area contributed by atoms with Gasteiger partial charge >= 0.3 is 0 Å². The summed E-state index contributed by atoms with van der Waals surface area (Å²) in [6.07, 6.45) is 2.67. The molecule has 1 saturated heterocycles. The van der Waals surface area contributed by atoms with E-state index in [1.165, 1.54) is 28.9 Å². The summed E-state index contributed by atoms with van der Waals surface area (Å²) in [5.74, 6) is 0.821. The minimum absolute atomic E-state index is 0.344. The number of nitrogens with zero attached hydrogens (tertiary/aromatic N) is 3. The molecule has 142 valence electrons. The van der Waals surface area contributed by atoms with Crippen molar-refractivity contribution in [2.75, 3.05) is 12.4 Å². The van der Waals surface area contributed by atoms with E-state index in [0.717, 1.165) is 41.9 Å². The lowest BCUT2D eigenvalue weighted by Gasteiger charge is -2.17. The number of ether oxygens (including phenoxy) is 1. The monoisotopic (exact) mass is 382 g/mol. The predicted octanol–water partition coefficient (Wildman–Crippen LogP) is 4.32. The van der Waals surface area contributed by atoms with E-state index in [2.05, 4.69) is 48.0 Å². The van der Waals surface area contributed by atoms with Crippen LogP contribution < -0.4 is 5.43 Å². The number of hydrazone groups is 1. The first-order valence-electron chi connectivity index (χ1n) is 9.50. The third-order valence-electron chi connectivity index (χ3n) is 5.26. The number of aryl methyl sites for hydroxylation is 2. The second-order valence-corrected chi connectivity index (χ2v) is 8.16. The van der Waals surface area contributed by atoms with Crippen molar-refractivity contribution in [3.05, 3.63) is 52.8 Å². The molecule has 27 heavy (non-hydrogen) atoms. The summed E-state index contributed by atoms with van der Waals surface area (Å²) in [5.41, 5.74) is 10.1. The second-order valence-electron chi connectivity index (χ2n) is 7.19. The molecule has 4 rings (SSSR count). The number of para-hydroxylation sites is 1. The summed E-state index contributed by atoms with van der Waals surface area (Å²) in [7, 11) is 0. The van der Waals surface area contributed by atoms with Gasteiger partial charge in [0.15, 0.2) is 5.17 Å². The summed E-state index contributed by atoms with van der Waals surface area (Å²) in [4.78, 5) is 4.70. The van der Waals surface area contributed by atoms with Crippen molar-refractivity contribution in [1.82, 2.24) is 9.99 Å². The lowest BCUT2D eigenvalue weighted by molar-refractivity contribution is 0.0962. The van der Waals surface area contributed by atoms with E-state index in [0.29, 0.717) is 6.10 Å². The van der Waals surface area contributed by atoms with Gasteiger partial charge in [-0.3, -0.25) is 5.43 Å². The zero-order valence-corrected chi connectivity index (χ0v) is 17.0. The molecule has 0 amide bonds. The molecule has 0 bridgehead atoms. The fourth-order valence-electron chi connectivity index (χ4n) is 3.68. The van der Waals surface area contributed by atoms with E-state index in [1.54, 1.807) is 11.8 Å². The molecule has 1 N–H and O–H groups in total. The Morgan fingerprint density at radius 1 is 1.30 bits per heavy atom. The molecular weight excluding hydrogens is 356 g/mol. The molecule has 0 aliphatic carbocycles. The number of hydrogen-bond acceptors (Lipinski definition) is 4. The van der Waals surface area contributed by atoms with Gasteiger partial charge in [-0.1, -0.05) is 30.0 Å². The Labute approximate surface area is 164 Å². The van der Waals surface area contributed by atoms with Crippen molar-refractivity contribution in [2.24, 2.45) is 10.1 Å². The molecule has 0 unspecified atom stereocenters. The number of benzene rings is 1. The van der Waals surface area contributed by atoms with Gasteiger partial charge in [-0.25, -0.2) is 4.99 Å². The second kappa shape index (κ2) is 7.90. The molecule has 2 aliphatic rings. The molecule has 1 aromatic carbocycles. The fourth-order valence-corrected chi connectivity index (χ4v) is 4.44. The van der Waals surface area contributed by atoms with E-state index < -0.39 is 0 Å². The van der Waals surface area contributed by atoms with Crippen LogP contribution in [0, 0.1) is 20.8 Å². The van der Waals surface area contributed by atoms with Crippen LogP contribution in [0.15, 0.2) is 40.4 Å². The molecule has 2 aliphatic heterocycles. The Kier molecular flexibility index (Phi) is 5.36. The van der Waals surface area contributed by atoms with Crippen LogP contribution in [0.3, 0.4) is 0 Å². The first kappa shape index (κ1) is 18.3. The van der Waals surface area contributed by atoms with Crippen molar-refractivity contribution < 1.29 is 4.74 Å². The van der Waals surface area contributed by atoms with Crippen LogP contribution in [-0.2, 0) is 11.3 Å². The van der Waals surface area contributed by atoms with Gasteiger partial charge in [0.2, 0.25) is 0 Å². The average Bonchev–Trinajstić information content (AvgIpc) is 3.28. The Morgan fingerprint density at radius 2 is 2.15 bits per heavy atom. The van der Waals surface area contributed by atoms with Crippen LogP contribution in [0.4, 0.5) is 5.69 Å². The van der Waals surface area contributed by atoms with Crippen LogP contribution >= 0.6 is 11.8 Å². The highest BCUT2D eigenvalue weighted by Gasteiger charge is 2.22. The van der Waals surface area contributed by atoms with Gasteiger partial charge in [0.05, 0.1) is 17.5 Å². The Bertz CT molecular complexity index is 894. The normalized spacial score (nSPS) is 21.4. The molecule has 1 fully saturated rings. The van der Waals surface area contributed by atoms with E-state index in [1.807, 2.05) is 18.2 Å². The van der Waals surface area contributed by atoms with Gasteiger partial charge in [-0.15, -0.1) is 0 Å². The van der Waals surface area contributed by atoms with Gasteiger partial charge < -0.3 is 9.30 Å². The number of thioether (sulfide) groups is 1. The van der Waals surface area contributed by atoms with Gasteiger partial charge in [-0.2, -0.15) is 5.10 Å². The lowest BCUT2D eigenvalue weighted by Crippen LogP contribution is -2.25. The van der Waals surface area contributed by atoms with Crippen LogP contribution in [0.1, 0.15) is 35.4 Å². The maximum absolute atomic E-state index is 5.82. The van der Waals surface area contributed by atoms with E-state index >= 15 is 0 Å². The zero-order chi connectivity index (χ0) is 18.8. The van der Waals surface area contributed by atoms with Crippen LogP contribution in [0.5, 0.6) is 0 Å². The summed E-state index contributed by atoms with van der Waals surface area (Å²) < 4.78 is 8.19. The first-order chi connectivity index (χ1) is 13.1. The molecule has 0 radical (unpaired) electrons. The maximum Gasteiger partial charge on any atom is 0.182 e. The van der Waals surface area contributed by atoms with Gasteiger partial charge in [0.1, 0.15) is 0 Å². The molecule has 6 heteroatoms. The number of rotatable bonds is 4. The van der Waals surface area contributed by atoms with Crippen molar-refractivity contribution in [3.8, 4) is 0 Å². The molecule has 0 spiro atoms. The minimum Gasteiger partial charge on any atom is -0.376 e. The largest absolute Gasteiger partial charge is 0.376 e. The topological polar surface area (TPSA) is 50.9 Å². The number of nitrogens with one attached hydrogen (secondary N) is 1. The number of hydrogen-bond donors (Lipinski definition) is 1. The van der Waals surface area contributed by atoms with Crippen molar-refractivity contribution >= 4 is 28.3 Å². The van der Waals surface area contributed by atoms with E-state index in [-0.39, 0.29) is 0 Å². The summed E-state index contributed by atoms with van der Waals surface area (Å²) in [5, 5.41) is 5.47. The molecule has 1 aromatic heterocycles. The average molecular weight is 383 g/mol. The third kappa shape index (κ3) is 3.96. The molecule has 0 saturated carbocycles. The predicted molar refractivity (Wildman–Crippen MR) is 113 cm³/mol. The summed E-state index contributed by atoms with van der Waals surface area (Å²) in [6.45, 7) is 8.26. The Balaban J connectivity index is 1.52. The maximum atomic E-state index is 5.82. The standard InChI is InChI=1S/C21H26N4OS/c1-14-7-4-5-9-19(14)22-21-24-23-20(13-27-21)18-11-15(2)25(16(18)3)12-17-8-6-10-26-17/h4-5,7,9,11,17H,6,8,10,12-13H2,1-3H3,(H,22,24)/t17-/m0/s1. The van der Waals surface area contributed by atoms with Crippen LogP contribution in [0.25, 0.3) is 0 Å². The molecular formula is C21H26N4OS. The summed E-state index contributed by atoms with van der Waals surface area (Å²) in [6, 6.07) is 10.4. The van der Waals surface area contributed by atoms with Crippen LogP contribution in [-0.4, -0.2) is 33.9 Å². The number of amidine groups is 1. The zero-order valence-electron chi connectivity index (χ0n) is 16.2. The Morgan fingerprint density at radius 3 is 2.85 bits per heavy atom. The van der Waals surface area contributed by atoms with E-state index in [4.69, 9.17) is 9.73 Å². The van der Waals surface area contributed by atoms with Crippen molar-refractivity contribution in [3.63, 3.8) is 0 Å². The van der Waals surface area contributed by atoms with Crippen LogP contribution in [0.2, 0.25) is 0 Å². The van der Waals surface area contributed by atoms with Crippen molar-refractivity contribution in [2.45, 2.75) is 46.3 Å². The fraction of sp³-hybridized carbons (Fsp3) is 0.429. The third-order valence-corrected chi connectivity index (χ3v) is 6.14. The smallest absolute Gasteiger partial charge is 0.182 e. The van der Waals surface area contributed by atoms with E-state index in [9.17, 15) is 0 Å². The highest BCUT2D eigenvalue weighted by molar-refractivity contribution is 8.14. The summed E-state index contributed by atoms with van der Waals surface area (Å²) >= 11 is 1.70. The highest BCUT2D eigenvalue weighted by Crippen LogP contribution is 2.25. The molecule has 5 nitrogen and oxygen atoms in total. The van der Waals surface area contributed by atoms with Crippen molar-refractivity contribution in [1.29, 1.82) is 0 Å². The molecule has 2 aromatic rings. The Hall–Kier alpha value is -2.05. The van der Waals surface area contributed by atoms with Gasteiger partial charge in [0, 0.05) is 35.9 Å². The first-order valence-corrected chi connectivity index (χ1v) is 10.5. The van der Waals surface area contributed by atoms with Gasteiger partial charge in [-0.05, 0) is 51.3 Å². The minimum atomic E-state index is 0.344. The quantitative estimate of drug-likeness (QED) is 0.857.